The minimum Gasteiger partial charge on any atom is -0.423 e. The molecule has 100 valence electrons. The topological polar surface area (TPSA) is 47.0 Å². The average molecular weight is 278 g/mol. The fourth-order valence-electron chi connectivity index (χ4n) is 1.67. The Hall–Kier alpha value is -1.65. The highest BCUT2D eigenvalue weighted by Gasteiger charge is 2.08. The molecule has 0 fully saturated rings. The Balaban J connectivity index is 2.24. The second-order valence-corrected chi connectivity index (χ2v) is 4.74. The molecule has 0 atom stereocenters. The largest absolute Gasteiger partial charge is 0.423 e. The number of rotatable bonds is 4. The van der Waals surface area contributed by atoms with Crippen molar-refractivity contribution in [3.05, 3.63) is 46.2 Å². The maximum Gasteiger partial charge on any atom is 0.322 e. The second kappa shape index (κ2) is 5.99. The van der Waals surface area contributed by atoms with Gasteiger partial charge in [0, 0.05) is 24.0 Å². The van der Waals surface area contributed by atoms with E-state index in [1.807, 2.05) is 33.0 Å². The molecule has 2 aromatic rings. The first-order chi connectivity index (χ1) is 9.10. The highest BCUT2D eigenvalue weighted by atomic mass is 35.5. The molecule has 0 saturated carbocycles. The van der Waals surface area contributed by atoms with Crippen molar-refractivity contribution in [3.63, 3.8) is 0 Å². The molecule has 1 aromatic carbocycles. The van der Waals surface area contributed by atoms with Crippen molar-refractivity contribution < 1.29 is 4.74 Å². The quantitative estimate of drug-likeness (QED) is 0.932. The van der Waals surface area contributed by atoms with Crippen LogP contribution >= 0.6 is 11.6 Å². The van der Waals surface area contributed by atoms with Gasteiger partial charge >= 0.3 is 6.01 Å². The number of ether oxygens (including phenoxy) is 1. The first-order valence-electron chi connectivity index (χ1n) is 6.01. The van der Waals surface area contributed by atoms with Crippen molar-refractivity contribution >= 4 is 11.6 Å². The van der Waals surface area contributed by atoms with E-state index >= 15 is 0 Å². The third kappa shape index (κ3) is 3.43. The molecule has 5 heteroatoms. The SMILES string of the molecule is CNCc1cnc(Oc2cc(C)ccc2Cl)nc1C. The van der Waals surface area contributed by atoms with Crippen LogP contribution in [-0.2, 0) is 6.54 Å². The van der Waals surface area contributed by atoms with E-state index in [0.717, 1.165) is 23.4 Å². The summed E-state index contributed by atoms with van der Waals surface area (Å²) in [6, 6.07) is 5.90. The Morgan fingerprint density at radius 1 is 1.32 bits per heavy atom. The summed E-state index contributed by atoms with van der Waals surface area (Å²) in [5, 5.41) is 3.62. The Morgan fingerprint density at radius 2 is 2.11 bits per heavy atom. The summed E-state index contributed by atoms with van der Waals surface area (Å²) in [7, 11) is 1.89. The number of hydrogen-bond donors (Lipinski definition) is 1. The molecule has 0 unspecified atom stereocenters. The van der Waals surface area contributed by atoms with E-state index < -0.39 is 0 Å². The van der Waals surface area contributed by atoms with E-state index in [1.165, 1.54) is 0 Å². The summed E-state index contributed by atoms with van der Waals surface area (Å²) in [6.07, 6.45) is 1.76. The van der Waals surface area contributed by atoms with E-state index in [9.17, 15) is 0 Å². The molecule has 19 heavy (non-hydrogen) atoms. The Morgan fingerprint density at radius 3 is 2.79 bits per heavy atom. The molecule has 0 aliphatic heterocycles. The van der Waals surface area contributed by atoms with Gasteiger partial charge in [-0.2, -0.15) is 4.98 Å². The molecule has 0 saturated heterocycles. The van der Waals surface area contributed by atoms with Gasteiger partial charge in [-0.05, 0) is 38.6 Å². The maximum absolute atomic E-state index is 6.08. The molecule has 2 rings (SSSR count). The predicted octanol–water partition coefficient (Wildman–Crippen LogP) is 3.26. The van der Waals surface area contributed by atoms with Crippen LogP contribution in [0.2, 0.25) is 5.02 Å². The first kappa shape index (κ1) is 13.8. The minimum atomic E-state index is 0.310. The molecular weight excluding hydrogens is 262 g/mol. The lowest BCUT2D eigenvalue weighted by molar-refractivity contribution is 0.439. The molecule has 1 aromatic heterocycles. The summed E-state index contributed by atoms with van der Waals surface area (Å²) in [4.78, 5) is 8.52. The van der Waals surface area contributed by atoms with Crippen molar-refractivity contribution in [2.75, 3.05) is 7.05 Å². The van der Waals surface area contributed by atoms with E-state index in [-0.39, 0.29) is 0 Å². The van der Waals surface area contributed by atoms with Gasteiger partial charge < -0.3 is 10.1 Å². The lowest BCUT2D eigenvalue weighted by Gasteiger charge is -2.09. The summed E-state index contributed by atoms with van der Waals surface area (Å²) in [5.41, 5.74) is 3.01. The molecule has 0 radical (unpaired) electrons. The third-order valence-corrected chi connectivity index (χ3v) is 3.03. The zero-order valence-electron chi connectivity index (χ0n) is 11.2. The Bertz CT molecular complexity index is 587. The zero-order chi connectivity index (χ0) is 13.8. The number of aromatic nitrogens is 2. The number of benzene rings is 1. The molecule has 0 aliphatic carbocycles. The first-order valence-corrected chi connectivity index (χ1v) is 6.39. The fourth-order valence-corrected chi connectivity index (χ4v) is 1.83. The number of halogens is 1. The molecule has 0 aliphatic rings. The van der Waals surface area contributed by atoms with Crippen LogP contribution in [0.25, 0.3) is 0 Å². The van der Waals surface area contributed by atoms with Crippen LogP contribution in [0.4, 0.5) is 0 Å². The van der Waals surface area contributed by atoms with Gasteiger partial charge in [-0.15, -0.1) is 0 Å². The van der Waals surface area contributed by atoms with Crippen molar-refractivity contribution in [3.8, 4) is 11.8 Å². The van der Waals surface area contributed by atoms with Crippen LogP contribution in [0.5, 0.6) is 11.8 Å². The minimum absolute atomic E-state index is 0.310. The van der Waals surface area contributed by atoms with Crippen LogP contribution in [0.15, 0.2) is 24.4 Å². The fraction of sp³-hybridized carbons (Fsp3) is 0.286. The van der Waals surface area contributed by atoms with Crippen LogP contribution < -0.4 is 10.1 Å². The lowest BCUT2D eigenvalue weighted by Crippen LogP contribution is -2.08. The predicted molar refractivity (Wildman–Crippen MR) is 75.8 cm³/mol. The van der Waals surface area contributed by atoms with E-state index in [1.54, 1.807) is 12.3 Å². The summed E-state index contributed by atoms with van der Waals surface area (Å²) < 4.78 is 5.63. The van der Waals surface area contributed by atoms with Crippen LogP contribution in [0, 0.1) is 13.8 Å². The zero-order valence-corrected chi connectivity index (χ0v) is 12.0. The third-order valence-electron chi connectivity index (χ3n) is 2.71. The van der Waals surface area contributed by atoms with Crippen molar-refractivity contribution in [2.45, 2.75) is 20.4 Å². The molecule has 1 heterocycles. The van der Waals surface area contributed by atoms with Crippen molar-refractivity contribution in [1.29, 1.82) is 0 Å². The van der Waals surface area contributed by atoms with Gasteiger partial charge in [0.2, 0.25) is 0 Å². The highest BCUT2D eigenvalue weighted by molar-refractivity contribution is 6.32. The average Bonchev–Trinajstić information content (AvgIpc) is 2.37. The molecule has 0 amide bonds. The van der Waals surface area contributed by atoms with Crippen molar-refractivity contribution in [1.82, 2.24) is 15.3 Å². The summed E-state index contributed by atoms with van der Waals surface area (Å²) in [6.45, 7) is 4.64. The van der Waals surface area contributed by atoms with Gasteiger partial charge in [0.05, 0.1) is 5.02 Å². The van der Waals surface area contributed by atoms with E-state index in [2.05, 4.69) is 15.3 Å². The number of nitrogens with zero attached hydrogens (tertiary/aromatic N) is 2. The number of aryl methyl sites for hydroxylation is 2. The van der Waals surface area contributed by atoms with Gasteiger partial charge in [-0.25, -0.2) is 4.98 Å². The van der Waals surface area contributed by atoms with Gasteiger partial charge in [0.25, 0.3) is 0 Å². The van der Waals surface area contributed by atoms with Gasteiger partial charge in [-0.3, -0.25) is 0 Å². The van der Waals surface area contributed by atoms with Crippen LogP contribution in [0.1, 0.15) is 16.8 Å². The Kier molecular flexibility index (Phi) is 4.35. The van der Waals surface area contributed by atoms with Gasteiger partial charge in [0.15, 0.2) is 0 Å². The summed E-state index contributed by atoms with van der Waals surface area (Å²) in [5.74, 6) is 0.572. The second-order valence-electron chi connectivity index (χ2n) is 4.33. The van der Waals surface area contributed by atoms with Crippen LogP contribution in [-0.4, -0.2) is 17.0 Å². The normalized spacial score (nSPS) is 10.5. The number of nitrogens with one attached hydrogen (secondary N) is 1. The smallest absolute Gasteiger partial charge is 0.322 e. The molecule has 4 nitrogen and oxygen atoms in total. The van der Waals surface area contributed by atoms with Gasteiger partial charge in [-0.1, -0.05) is 17.7 Å². The Labute approximate surface area is 117 Å². The standard InChI is InChI=1S/C14H16ClN3O/c1-9-4-5-12(15)13(6-9)19-14-17-8-11(7-16-3)10(2)18-14/h4-6,8,16H,7H2,1-3H3. The lowest BCUT2D eigenvalue weighted by atomic mass is 10.2. The monoisotopic (exact) mass is 277 g/mol. The van der Waals surface area contributed by atoms with E-state index in [4.69, 9.17) is 16.3 Å². The maximum atomic E-state index is 6.08. The molecule has 1 N–H and O–H groups in total. The molecular formula is C14H16ClN3O. The molecule has 0 bridgehead atoms. The van der Waals surface area contributed by atoms with Crippen molar-refractivity contribution in [2.24, 2.45) is 0 Å². The number of hydrogen-bond acceptors (Lipinski definition) is 4. The van der Waals surface area contributed by atoms with Gasteiger partial charge in [0.1, 0.15) is 5.75 Å². The van der Waals surface area contributed by atoms with Crippen LogP contribution in [0.3, 0.4) is 0 Å². The highest BCUT2D eigenvalue weighted by Crippen LogP contribution is 2.28. The summed E-state index contributed by atoms with van der Waals surface area (Å²) >= 11 is 6.08. The van der Waals surface area contributed by atoms with E-state index in [0.29, 0.717) is 16.8 Å². The molecule has 0 spiro atoms.